The molecule has 0 unspecified atom stereocenters. The molecule has 0 aliphatic heterocycles. The van der Waals surface area contributed by atoms with Crippen LogP contribution in [0.25, 0.3) is 21.3 Å². The summed E-state index contributed by atoms with van der Waals surface area (Å²) in [4.78, 5) is 26.1. The average molecular weight is 388 g/mol. The number of terminal acetylenes is 1. The lowest BCUT2D eigenvalue weighted by molar-refractivity contribution is 0.0993. The molecule has 4 aromatic rings. The molecular weight excluding hydrogens is 372 g/mol. The first-order valence-electron chi connectivity index (χ1n) is 8.70. The van der Waals surface area contributed by atoms with Gasteiger partial charge in [0.1, 0.15) is 11.4 Å². The molecule has 2 heterocycles. The zero-order valence-electron chi connectivity index (χ0n) is 15.1. The standard InChI is InChI=1S/C21H16N4O2S/c1-3-11-25-18-10-9-14(27-4-2)12-19(18)28-21(25)24-20(26)17-13-22-15-7-5-6-8-16(15)23-17/h1,5-10,12-13H,4,11H2,2H3. The van der Waals surface area contributed by atoms with Crippen LogP contribution in [0.1, 0.15) is 17.4 Å². The molecule has 0 N–H and O–H groups in total. The highest BCUT2D eigenvalue weighted by Gasteiger charge is 2.12. The Balaban J connectivity index is 1.81. The van der Waals surface area contributed by atoms with E-state index in [2.05, 4.69) is 20.9 Å². The smallest absolute Gasteiger partial charge is 0.299 e. The third kappa shape index (κ3) is 3.38. The van der Waals surface area contributed by atoms with Crippen molar-refractivity contribution in [2.75, 3.05) is 6.61 Å². The van der Waals surface area contributed by atoms with Crippen LogP contribution in [-0.4, -0.2) is 27.0 Å². The van der Waals surface area contributed by atoms with E-state index >= 15 is 0 Å². The summed E-state index contributed by atoms with van der Waals surface area (Å²) in [7, 11) is 0. The number of para-hydroxylation sites is 2. The molecule has 2 aromatic carbocycles. The van der Waals surface area contributed by atoms with Crippen LogP contribution in [0.2, 0.25) is 0 Å². The maximum absolute atomic E-state index is 12.7. The first-order valence-corrected chi connectivity index (χ1v) is 9.51. The molecule has 6 nitrogen and oxygen atoms in total. The lowest BCUT2D eigenvalue weighted by Crippen LogP contribution is -2.17. The van der Waals surface area contributed by atoms with Crippen LogP contribution in [0.3, 0.4) is 0 Å². The summed E-state index contributed by atoms with van der Waals surface area (Å²) in [5.74, 6) is 2.93. The Morgan fingerprint density at radius 3 is 2.89 bits per heavy atom. The molecule has 138 valence electrons. The van der Waals surface area contributed by atoms with Gasteiger partial charge in [-0.2, -0.15) is 4.99 Å². The van der Waals surface area contributed by atoms with Crippen molar-refractivity contribution in [1.29, 1.82) is 0 Å². The third-order valence-electron chi connectivity index (χ3n) is 4.08. The first kappa shape index (κ1) is 17.9. The fraction of sp³-hybridized carbons (Fsp3) is 0.143. The van der Waals surface area contributed by atoms with Gasteiger partial charge in [0, 0.05) is 0 Å². The number of hydrogen-bond donors (Lipinski definition) is 0. The summed E-state index contributed by atoms with van der Waals surface area (Å²) in [6.45, 7) is 2.82. The Labute approximate surface area is 165 Å². The van der Waals surface area contributed by atoms with E-state index in [-0.39, 0.29) is 5.69 Å². The molecule has 0 saturated heterocycles. The van der Waals surface area contributed by atoms with Crippen LogP contribution in [0.15, 0.2) is 53.7 Å². The maximum atomic E-state index is 12.7. The predicted octanol–water partition coefficient (Wildman–Crippen LogP) is 3.42. The minimum atomic E-state index is -0.458. The molecular formula is C21H16N4O2S. The number of amides is 1. The fourth-order valence-corrected chi connectivity index (χ4v) is 3.90. The van der Waals surface area contributed by atoms with E-state index in [1.807, 2.05) is 54.0 Å². The predicted molar refractivity (Wildman–Crippen MR) is 109 cm³/mol. The van der Waals surface area contributed by atoms with Crippen molar-refractivity contribution < 1.29 is 9.53 Å². The number of nitrogens with zero attached hydrogens (tertiary/aromatic N) is 4. The van der Waals surface area contributed by atoms with E-state index in [0.29, 0.717) is 23.5 Å². The number of carbonyl (C=O) groups excluding carboxylic acids is 1. The monoisotopic (exact) mass is 388 g/mol. The van der Waals surface area contributed by atoms with Gasteiger partial charge in [0.05, 0.1) is 40.6 Å². The Bertz CT molecular complexity index is 1300. The summed E-state index contributed by atoms with van der Waals surface area (Å²) in [5.41, 5.74) is 2.48. The van der Waals surface area contributed by atoms with Crippen molar-refractivity contribution in [2.45, 2.75) is 13.5 Å². The number of ether oxygens (including phenoxy) is 1. The van der Waals surface area contributed by atoms with Crippen LogP contribution in [0.4, 0.5) is 0 Å². The summed E-state index contributed by atoms with van der Waals surface area (Å²) in [5, 5.41) is 0. The van der Waals surface area contributed by atoms with Gasteiger partial charge in [0.2, 0.25) is 0 Å². The zero-order valence-corrected chi connectivity index (χ0v) is 15.9. The maximum Gasteiger partial charge on any atom is 0.299 e. The fourth-order valence-electron chi connectivity index (χ4n) is 2.84. The van der Waals surface area contributed by atoms with Gasteiger partial charge in [-0.25, -0.2) is 4.98 Å². The highest BCUT2D eigenvalue weighted by atomic mass is 32.1. The van der Waals surface area contributed by atoms with Crippen LogP contribution < -0.4 is 9.54 Å². The van der Waals surface area contributed by atoms with Gasteiger partial charge in [-0.1, -0.05) is 29.4 Å². The van der Waals surface area contributed by atoms with Crippen LogP contribution in [0, 0.1) is 12.3 Å². The second kappa shape index (κ2) is 7.62. The Hall–Kier alpha value is -3.50. The molecule has 28 heavy (non-hydrogen) atoms. The molecule has 0 spiro atoms. The van der Waals surface area contributed by atoms with E-state index in [1.54, 1.807) is 0 Å². The molecule has 0 radical (unpaired) electrons. The number of aromatic nitrogens is 3. The SMILES string of the molecule is C#CCn1c(=NC(=O)c2cnc3ccccc3n2)sc2cc(OCC)ccc21. The first-order chi connectivity index (χ1) is 13.7. The van der Waals surface area contributed by atoms with E-state index < -0.39 is 5.91 Å². The van der Waals surface area contributed by atoms with Gasteiger partial charge < -0.3 is 9.30 Å². The Morgan fingerprint density at radius 1 is 1.29 bits per heavy atom. The molecule has 0 atom stereocenters. The third-order valence-corrected chi connectivity index (χ3v) is 5.12. The average Bonchev–Trinajstić information content (AvgIpc) is 3.04. The van der Waals surface area contributed by atoms with Crippen LogP contribution in [-0.2, 0) is 6.54 Å². The van der Waals surface area contributed by atoms with Crippen molar-refractivity contribution in [2.24, 2.45) is 4.99 Å². The molecule has 4 rings (SSSR count). The second-order valence-electron chi connectivity index (χ2n) is 5.90. The highest BCUT2D eigenvalue weighted by Crippen LogP contribution is 2.23. The number of fused-ring (bicyclic) bond motifs is 2. The second-order valence-corrected chi connectivity index (χ2v) is 6.91. The van der Waals surface area contributed by atoms with E-state index in [4.69, 9.17) is 11.2 Å². The van der Waals surface area contributed by atoms with Crippen LogP contribution >= 0.6 is 11.3 Å². The van der Waals surface area contributed by atoms with E-state index in [0.717, 1.165) is 21.5 Å². The van der Waals surface area contributed by atoms with E-state index in [1.165, 1.54) is 17.5 Å². The van der Waals surface area contributed by atoms with Crippen molar-refractivity contribution in [1.82, 2.24) is 14.5 Å². The van der Waals surface area contributed by atoms with Gasteiger partial charge in [0.15, 0.2) is 4.80 Å². The summed E-state index contributed by atoms with van der Waals surface area (Å²) >= 11 is 1.38. The largest absolute Gasteiger partial charge is 0.494 e. The number of hydrogen-bond acceptors (Lipinski definition) is 5. The van der Waals surface area contributed by atoms with Gasteiger partial charge in [-0.3, -0.25) is 9.78 Å². The van der Waals surface area contributed by atoms with Crippen molar-refractivity contribution in [3.63, 3.8) is 0 Å². The molecule has 2 aromatic heterocycles. The van der Waals surface area contributed by atoms with E-state index in [9.17, 15) is 4.79 Å². The molecule has 0 aliphatic carbocycles. The van der Waals surface area contributed by atoms with Gasteiger partial charge >= 0.3 is 0 Å². The van der Waals surface area contributed by atoms with Gasteiger partial charge in [-0.05, 0) is 37.3 Å². The van der Waals surface area contributed by atoms with Crippen LogP contribution in [0.5, 0.6) is 5.75 Å². The lowest BCUT2D eigenvalue weighted by Gasteiger charge is -2.03. The summed E-state index contributed by atoms with van der Waals surface area (Å²) < 4.78 is 8.33. The van der Waals surface area contributed by atoms with Gasteiger partial charge in [-0.15, -0.1) is 6.42 Å². The summed E-state index contributed by atoms with van der Waals surface area (Å²) in [6, 6.07) is 13.1. The number of benzene rings is 2. The molecule has 0 fully saturated rings. The lowest BCUT2D eigenvalue weighted by atomic mass is 10.3. The van der Waals surface area contributed by atoms with Crippen molar-refractivity contribution in [3.8, 4) is 18.1 Å². The molecule has 0 saturated carbocycles. The van der Waals surface area contributed by atoms with Gasteiger partial charge in [0.25, 0.3) is 5.91 Å². The topological polar surface area (TPSA) is 69.4 Å². The van der Waals surface area contributed by atoms with Crippen molar-refractivity contribution >= 4 is 38.5 Å². The quantitative estimate of drug-likeness (QED) is 0.502. The number of thiazole rings is 1. The minimum absolute atomic E-state index is 0.193. The number of carbonyl (C=O) groups is 1. The highest BCUT2D eigenvalue weighted by molar-refractivity contribution is 7.16. The normalized spacial score (nSPS) is 11.6. The minimum Gasteiger partial charge on any atom is -0.494 e. The molecule has 0 aliphatic rings. The number of rotatable bonds is 4. The molecule has 1 amide bonds. The Morgan fingerprint density at radius 2 is 2.11 bits per heavy atom. The molecule has 7 heteroatoms. The zero-order chi connectivity index (χ0) is 19.5. The Kier molecular flexibility index (Phi) is 4.87. The molecule has 0 bridgehead atoms. The summed E-state index contributed by atoms with van der Waals surface area (Å²) in [6.07, 6.45) is 6.97. The van der Waals surface area contributed by atoms with Crippen molar-refractivity contribution in [3.05, 3.63) is 59.2 Å².